The molecule has 1 aliphatic rings. The third kappa shape index (κ3) is 5.54. The van der Waals surface area contributed by atoms with Crippen molar-refractivity contribution in [2.45, 2.75) is 25.7 Å². The molecule has 2 aromatic heterocycles. The number of nitriles is 1. The van der Waals surface area contributed by atoms with Crippen LogP contribution in [0, 0.1) is 18.3 Å². The molecule has 1 saturated heterocycles. The highest BCUT2D eigenvalue weighted by atomic mass is 79.9. The predicted octanol–water partition coefficient (Wildman–Crippen LogP) is 6.87. The third-order valence-corrected chi connectivity index (χ3v) is 6.90. The third-order valence-electron chi connectivity index (χ3n) is 6.27. The summed E-state index contributed by atoms with van der Waals surface area (Å²) in [5.41, 5.74) is 3.77. The molecule has 0 unspecified atom stereocenters. The Balaban J connectivity index is 0.000000709. The molecule has 5 rings (SSSR count). The van der Waals surface area contributed by atoms with Crippen LogP contribution in [-0.2, 0) is 7.05 Å². The molecule has 1 fully saturated rings. The largest absolute Gasteiger partial charge is 0.507 e. The molecule has 0 bridgehead atoms. The molecule has 0 saturated carbocycles. The highest BCUT2D eigenvalue weighted by molar-refractivity contribution is 9.69. The van der Waals surface area contributed by atoms with Gasteiger partial charge in [0.2, 0.25) is 0 Å². The summed E-state index contributed by atoms with van der Waals surface area (Å²) in [6.45, 7) is 3.36. The zero-order chi connectivity index (χ0) is 26.1. The van der Waals surface area contributed by atoms with E-state index in [0.717, 1.165) is 40.8 Å². The molecule has 0 spiro atoms. The Hall–Kier alpha value is -1.81. The first-order chi connectivity index (χ1) is 17.1. The Morgan fingerprint density at radius 2 is 1.86 bits per heavy atom. The van der Waals surface area contributed by atoms with E-state index in [1.807, 2.05) is 25.1 Å². The van der Waals surface area contributed by atoms with Crippen molar-refractivity contribution in [3.8, 4) is 11.8 Å². The molecule has 12 heteroatoms. The van der Waals surface area contributed by atoms with E-state index in [0.29, 0.717) is 28.8 Å². The summed E-state index contributed by atoms with van der Waals surface area (Å²) in [6.07, 6.45) is 1.60. The number of phenolic OH excluding ortho intramolecular Hbond substituents is 1. The van der Waals surface area contributed by atoms with Gasteiger partial charge in [-0.05, 0) is 59.5 Å². The number of oxazole rings is 1. The number of anilines is 1. The summed E-state index contributed by atoms with van der Waals surface area (Å²) in [7, 11) is 1.61. The van der Waals surface area contributed by atoms with Gasteiger partial charge in [-0.1, -0.05) is 6.07 Å². The van der Waals surface area contributed by atoms with Crippen LogP contribution >= 0.6 is 63.2 Å². The zero-order valence-corrected chi connectivity index (χ0v) is 25.8. The van der Waals surface area contributed by atoms with Crippen molar-refractivity contribution in [2.75, 3.05) is 18.0 Å². The lowest BCUT2D eigenvalue weighted by molar-refractivity contribution is 0.407. The van der Waals surface area contributed by atoms with E-state index < -0.39 is 0 Å². The van der Waals surface area contributed by atoms with E-state index in [2.05, 4.69) is 74.2 Å². The molecule has 1 aliphatic heterocycles. The highest BCUT2D eigenvalue weighted by Gasteiger charge is 2.28. The number of rotatable bonds is 2. The molecule has 2 aromatic carbocycles. The van der Waals surface area contributed by atoms with Crippen LogP contribution in [0.5, 0.6) is 5.75 Å². The number of halogens is 4. The minimum atomic E-state index is -0.367. The number of phenols is 1. The van der Waals surface area contributed by atoms with Crippen LogP contribution < -0.4 is 10.5 Å². The van der Waals surface area contributed by atoms with Gasteiger partial charge in [-0.15, -0.1) is 47.3 Å². The molecular weight excluding hydrogens is 723 g/mol. The normalized spacial score (nSPS) is 14.0. The topological polar surface area (TPSA) is 95.3 Å². The van der Waals surface area contributed by atoms with Gasteiger partial charge >= 0.3 is 3.18 Å². The molecule has 7 nitrogen and oxygen atoms in total. The van der Waals surface area contributed by atoms with E-state index in [-0.39, 0.29) is 26.0 Å². The molecule has 186 valence electrons. The summed E-state index contributed by atoms with van der Waals surface area (Å²) >= 11 is 12.7. The maximum absolute atomic E-state index is 12.9. The van der Waals surface area contributed by atoms with Gasteiger partial charge < -0.3 is 19.0 Å². The fraction of sp³-hybridized carbons (Fsp3) is 0.292. The van der Waals surface area contributed by atoms with Gasteiger partial charge in [0.25, 0.3) is 5.56 Å². The van der Waals surface area contributed by atoms with E-state index in [4.69, 9.17) is 9.40 Å². The Morgan fingerprint density at radius 3 is 2.50 bits per heavy atom. The molecule has 0 radical (unpaired) electrons. The van der Waals surface area contributed by atoms with Crippen LogP contribution in [0.3, 0.4) is 0 Å². The highest BCUT2D eigenvalue weighted by Crippen LogP contribution is 2.38. The first-order valence-electron chi connectivity index (χ1n) is 11.1. The standard InChI is InChI=1S/C24H21BrN4O3.BBr3/c1-13-3-4-21-18(9-13)27-23(32-21)14-5-7-29(8-6-14)22-15-10-17(25)20(30)11-19(15)28(2)24(31)16(22)12-26;2-1(3)4/h3-4,9-11,14,30H,5-8H2,1-2H3;. The lowest BCUT2D eigenvalue weighted by atomic mass is 9.95. The first-order valence-corrected chi connectivity index (χ1v) is 14.6. The molecule has 3 heterocycles. The van der Waals surface area contributed by atoms with E-state index in [9.17, 15) is 15.2 Å². The van der Waals surface area contributed by atoms with Crippen molar-refractivity contribution in [3.05, 3.63) is 62.2 Å². The van der Waals surface area contributed by atoms with Crippen LogP contribution in [0.25, 0.3) is 22.0 Å². The van der Waals surface area contributed by atoms with Crippen LogP contribution in [0.2, 0.25) is 0 Å². The number of piperidine rings is 1. The van der Waals surface area contributed by atoms with Gasteiger partial charge in [-0.3, -0.25) is 4.79 Å². The predicted molar refractivity (Wildman–Crippen MR) is 159 cm³/mol. The second kappa shape index (κ2) is 11.3. The molecule has 0 amide bonds. The van der Waals surface area contributed by atoms with Crippen molar-refractivity contribution in [1.29, 1.82) is 5.26 Å². The lowest BCUT2D eigenvalue weighted by Crippen LogP contribution is -2.35. The SMILES string of the molecule is BrB(Br)Br.Cc1ccc2oc(C3CCN(c4c(C#N)c(=O)n(C)c5cc(O)c(Br)cc45)CC3)nc2c1. The molecule has 36 heavy (non-hydrogen) atoms. The summed E-state index contributed by atoms with van der Waals surface area (Å²) < 4.78 is 8.22. The van der Waals surface area contributed by atoms with Crippen molar-refractivity contribution in [2.24, 2.45) is 7.05 Å². The van der Waals surface area contributed by atoms with Gasteiger partial charge in [-0.25, -0.2) is 4.98 Å². The second-order valence-corrected chi connectivity index (χ2v) is 15.8. The number of hydrogen-bond donors (Lipinski definition) is 1. The van der Waals surface area contributed by atoms with Crippen LogP contribution in [0.15, 0.2) is 44.0 Å². The summed E-state index contributed by atoms with van der Waals surface area (Å²) in [5, 5.41) is 20.7. The Morgan fingerprint density at radius 1 is 1.19 bits per heavy atom. The fourth-order valence-electron chi connectivity index (χ4n) is 4.54. The number of hydrogen-bond acceptors (Lipinski definition) is 6. The molecule has 4 aromatic rings. The van der Waals surface area contributed by atoms with Gasteiger partial charge in [-0.2, -0.15) is 5.26 Å². The average molecular weight is 744 g/mol. The summed E-state index contributed by atoms with van der Waals surface area (Å²) in [6, 6.07) is 11.4. The summed E-state index contributed by atoms with van der Waals surface area (Å²) in [4.78, 5) is 19.7. The number of aromatic nitrogens is 2. The van der Waals surface area contributed by atoms with E-state index in [1.165, 1.54) is 4.57 Å². The number of benzene rings is 2. The van der Waals surface area contributed by atoms with Crippen molar-refractivity contribution < 1.29 is 9.52 Å². The van der Waals surface area contributed by atoms with E-state index >= 15 is 0 Å². The first kappa shape index (κ1) is 27.2. The van der Waals surface area contributed by atoms with Crippen molar-refractivity contribution in [3.63, 3.8) is 0 Å². The monoisotopic (exact) mass is 740 g/mol. The number of aryl methyl sites for hydroxylation is 2. The van der Waals surface area contributed by atoms with Crippen LogP contribution in [-0.4, -0.2) is 30.9 Å². The zero-order valence-electron chi connectivity index (χ0n) is 19.4. The maximum Gasteiger partial charge on any atom is 0.369 e. The van der Waals surface area contributed by atoms with Crippen LogP contribution in [0.1, 0.15) is 35.8 Å². The van der Waals surface area contributed by atoms with Gasteiger partial charge in [0, 0.05) is 37.5 Å². The van der Waals surface area contributed by atoms with Gasteiger partial charge in [0.15, 0.2) is 11.5 Å². The van der Waals surface area contributed by atoms with Crippen molar-refractivity contribution in [1.82, 2.24) is 9.55 Å². The van der Waals surface area contributed by atoms with Crippen molar-refractivity contribution >= 4 is 94.1 Å². The average Bonchev–Trinajstić information content (AvgIpc) is 3.25. The molecule has 1 N–H and O–H groups in total. The minimum Gasteiger partial charge on any atom is -0.507 e. The summed E-state index contributed by atoms with van der Waals surface area (Å²) in [5.74, 6) is 0.971. The maximum atomic E-state index is 12.9. The Kier molecular flexibility index (Phi) is 8.54. The fourth-order valence-corrected chi connectivity index (χ4v) is 4.88. The van der Waals surface area contributed by atoms with Crippen LogP contribution in [0.4, 0.5) is 5.69 Å². The lowest BCUT2D eigenvalue weighted by Gasteiger charge is -2.33. The quantitative estimate of drug-likeness (QED) is 0.226. The van der Waals surface area contributed by atoms with Gasteiger partial charge in [0.1, 0.15) is 22.9 Å². The number of pyridine rings is 1. The van der Waals surface area contributed by atoms with Gasteiger partial charge in [0.05, 0.1) is 15.7 Å². The Bertz CT molecular complexity index is 1540. The number of fused-ring (bicyclic) bond motifs is 2. The Labute approximate surface area is 241 Å². The smallest absolute Gasteiger partial charge is 0.369 e. The molecule has 0 aliphatic carbocycles. The minimum absolute atomic E-state index is 0.0491. The number of nitrogens with zero attached hydrogens (tertiary/aromatic N) is 4. The van der Waals surface area contributed by atoms with E-state index in [1.54, 1.807) is 19.2 Å². The number of aromatic hydroxyl groups is 1. The molecular formula is C24H21BBr4N4O3. The molecule has 0 atom stereocenters. The second-order valence-electron chi connectivity index (χ2n) is 8.55.